The van der Waals surface area contributed by atoms with E-state index in [0.717, 1.165) is 16.7 Å². The van der Waals surface area contributed by atoms with Gasteiger partial charge in [-0.1, -0.05) is 60.2 Å². The van der Waals surface area contributed by atoms with Crippen LogP contribution in [0.4, 0.5) is 4.79 Å². The van der Waals surface area contributed by atoms with Crippen LogP contribution in [-0.2, 0) is 4.79 Å². The van der Waals surface area contributed by atoms with Crippen molar-refractivity contribution in [2.45, 2.75) is 13.0 Å². The molecule has 0 saturated carbocycles. The molecule has 0 aliphatic carbocycles. The van der Waals surface area contributed by atoms with Crippen molar-refractivity contribution in [3.8, 4) is 0 Å². The maximum absolute atomic E-state index is 12.1. The van der Waals surface area contributed by atoms with Crippen LogP contribution in [0, 0.1) is 6.92 Å². The molecule has 0 aromatic heterocycles. The summed E-state index contributed by atoms with van der Waals surface area (Å²) in [6, 6.07) is 17.1. The molecule has 2 rings (SSSR count). The molecule has 2 aromatic carbocycles. The van der Waals surface area contributed by atoms with Crippen molar-refractivity contribution in [1.82, 2.24) is 16.0 Å². The van der Waals surface area contributed by atoms with Crippen molar-refractivity contribution in [1.29, 1.82) is 0 Å². The van der Waals surface area contributed by atoms with E-state index in [1.54, 1.807) is 0 Å². The summed E-state index contributed by atoms with van der Waals surface area (Å²) in [6.07, 6.45) is 0. The lowest BCUT2D eigenvalue weighted by molar-refractivity contribution is -0.120. The van der Waals surface area contributed by atoms with Gasteiger partial charge in [-0.05, 0) is 18.1 Å². The minimum absolute atomic E-state index is 0.0745. The van der Waals surface area contributed by atoms with Crippen molar-refractivity contribution >= 4 is 11.9 Å². The summed E-state index contributed by atoms with van der Waals surface area (Å²) < 4.78 is 0. The maximum Gasteiger partial charge on any atom is 0.314 e. The molecule has 0 aliphatic rings. The summed E-state index contributed by atoms with van der Waals surface area (Å²) in [5.41, 5.74) is 3.15. The topological polar surface area (TPSA) is 70.2 Å². The number of carbonyl (C=O) groups is 2. The number of hydrogen-bond acceptors (Lipinski definition) is 2. The standard InChI is InChI=1S/C18H21N3O2/c1-13-8-10-15(11-9-13)17(14-6-4-3-5-7-14)21-16(22)12-20-18(23)19-2/h3-11,17H,12H2,1-2H3,(H,21,22)(H2,19,20,23)/t17-/m0/s1. The second-order valence-corrected chi connectivity index (χ2v) is 5.25. The fraction of sp³-hybridized carbons (Fsp3) is 0.222. The first-order valence-corrected chi connectivity index (χ1v) is 7.46. The molecule has 1 atom stereocenters. The number of nitrogens with one attached hydrogen (secondary N) is 3. The predicted molar refractivity (Wildman–Crippen MR) is 90.1 cm³/mol. The third-order valence-electron chi connectivity index (χ3n) is 3.49. The largest absolute Gasteiger partial charge is 0.344 e. The van der Waals surface area contributed by atoms with Crippen molar-refractivity contribution in [3.05, 3.63) is 71.3 Å². The fourth-order valence-corrected chi connectivity index (χ4v) is 2.22. The van der Waals surface area contributed by atoms with Crippen LogP contribution >= 0.6 is 0 Å². The van der Waals surface area contributed by atoms with Crippen molar-refractivity contribution in [2.24, 2.45) is 0 Å². The molecule has 0 fully saturated rings. The van der Waals surface area contributed by atoms with Crippen LogP contribution in [-0.4, -0.2) is 25.5 Å². The van der Waals surface area contributed by atoms with Gasteiger partial charge in [0.2, 0.25) is 5.91 Å². The van der Waals surface area contributed by atoms with Crippen LogP contribution in [0.3, 0.4) is 0 Å². The van der Waals surface area contributed by atoms with Gasteiger partial charge in [0.25, 0.3) is 0 Å². The van der Waals surface area contributed by atoms with Gasteiger partial charge in [-0.2, -0.15) is 0 Å². The molecule has 120 valence electrons. The Bertz CT molecular complexity index is 654. The van der Waals surface area contributed by atoms with Gasteiger partial charge in [-0.3, -0.25) is 4.79 Å². The number of urea groups is 1. The van der Waals surface area contributed by atoms with Gasteiger partial charge in [0.15, 0.2) is 0 Å². The molecule has 23 heavy (non-hydrogen) atoms. The van der Waals surface area contributed by atoms with Crippen LogP contribution in [0.2, 0.25) is 0 Å². The minimum Gasteiger partial charge on any atom is -0.344 e. The number of rotatable bonds is 5. The Kier molecular flexibility index (Phi) is 5.74. The molecule has 3 amide bonds. The Morgan fingerprint density at radius 3 is 2.17 bits per heavy atom. The third kappa shape index (κ3) is 4.85. The number of aryl methyl sites for hydroxylation is 1. The molecule has 0 aliphatic heterocycles. The quantitative estimate of drug-likeness (QED) is 0.791. The smallest absolute Gasteiger partial charge is 0.314 e. The summed E-state index contributed by atoms with van der Waals surface area (Å²) in [4.78, 5) is 23.3. The first kappa shape index (κ1) is 16.5. The van der Waals surface area contributed by atoms with E-state index in [1.807, 2.05) is 61.5 Å². The van der Waals surface area contributed by atoms with Crippen molar-refractivity contribution < 1.29 is 9.59 Å². The van der Waals surface area contributed by atoms with Crippen molar-refractivity contribution in [3.63, 3.8) is 0 Å². The second kappa shape index (κ2) is 7.98. The Balaban J connectivity index is 2.16. The van der Waals surface area contributed by atoms with Crippen LogP contribution in [0.25, 0.3) is 0 Å². The number of amides is 3. The Morgan fingerprint density at radius 2 is 1.57 bits per heavy atom. The Hall–Kier alpha value is -2.82. The van der Waals surface area contributed by atoms with Gasteiger partial charge in [-0.15, -0.1) is 0 Å². The molecular weight excluding hydrogens is 290 g/mol. The van der Waals surface area contributed by atoms with E-state index in [9.17, 15) is 9.59 Å². The molecule has 0 unspecified atom stereocenters. The number of carbonyl (C=O) groups excluding carboxylic acids is 2. The normalized spacial score (nSPS) is 11.4. The summed E-state index contributed by atoms with van der Waals surface area (Å²) in [7, 11) is 1.51. The van der Waals surface area contributed by atoms with Gasteiger partial charge >= 0.3 is 6.03 Å². The number of benzene rings is 2. The second-order valence-electron chi connectivity index (χ2n) is 5.25. The third-order valence-corrected chi connectivity index (χ3v) is 3.49. The lowest BCUT2D eigenvalue weighted by atomic mass is 9.98. The first-order valence-electron chi connectivity index (χ1n) is 7.46. The van der Waals surface area contributed by atoms with Crippen molar-refractivity contribution in [2.75, 3.05) is 13.6 Å². The summed E-state index contributed by atoms with van der Waals surface area (Å²) in [5, 5.41) is 7.87. The van der Waals surface area contributed by atoms with E-state index < -0.39 is 0 Å². The Labute approximate surface area is 136 Å². The SMILES string of the molecule is CNC(=O)NCC(=O)N[C@@H](c1ccccc1)c1ccc(C)cc1. The van der Waals surface area contributed by atoms with E-state index in [1.165, 1.54) is 7.05 Å². The average Bonchev–Trinajstić information content (AvgIpc) is 2.59. The monoisotopic (exact) mass is 311 g/mol. The highest BCUT2D eigenvalue weighted by atomic mass is 16.2. The van der Waals surface area contributed by atoms with E-state index in [-0.39, 0.29) is 24.5 Å². The van der Waals surface area contributed by atoms with Crippen LogP contribution < -0.4 is 16.0 Å². The molecule has 3 N–H and O–H groups in total. The summed E-state index contributed by atoms with van der Waals surface area (Å²) >= 11 is 0. The zero-order chi connectivity index (χ0) is 16.7. The highest BCUT2D eigenvalue weighted by Crippen LogP contribution is 2.22. The summed E-state index contributed by atoms with van der Waals surface area (Å²) in [5.74, 6) is -0.247. The highest BCUT2D eigenvalue weighted by molar-refractivity contribution is 5.84. The molecule has 2 aromatic rings. The predicted octanol–water partition coefficient (Wildman–Crippen LogP) is 2.13. The van der Waals surface area contributed by atoms with Gasteiger partial charge in [0.1, 0.15) is 0 Å². The van der Waals surface area contributed by atoms with E-state index in [2.05, 4.69) is 16.0 Å². The Morgan fingerprint density at radius 1 is 0.957 bits per heavy atom. The van der Waals surface area contributed by atoms with E-state index >= 15 is 0 Å². The zero-order valence-electron chi connectivity index (χ0n) is 13.3. The molecule has 0 bridgehead atoms. The maximum atomic E-state index is 12.1. The van der Waals surface area contributed by atoms with Gasteiger partial charge in [0.05, 0.1) is 12.6 Å². The molecule has 0 spiro atoms. The van der Waals surface area contributed by atoms with Gasteiger partial charge in [0, 0.05) is 7.05 Å². The lowest BCUT2D eigenvalue weighted by Crippen LogP contribution is -2.42. The first-order chi connectivity index (χ1) is 11.1. The van der Waals surface area contributed by atoms with Crippen LogP contribution in [0.1, 0.15) is 22.7 Å². The minimum atomic E-state index is -0.383. The van der Waals surface area contributed by atoms with Crippen LogP contribution in [0.5, 0.6) is 0 Å². The number of hydrogen-bond donors (Lipinski definition) is 3. The van der Waals surface area contributed by atoms with Crippen LogP contribution in [0.15, 0.2) is 54.6 Å². The molecule has 0 heterocycles. The average molecular weight is 311 g/mol. The summed E-state index contributed by atoms with van der Waals surface area (Å²) in [6.45, 7) is 1.95. The highest BCUT2D eigenvalue weighted by Gasteiger charge is 2.16. The van der Waals surface area contributed by atoms with Gasteiger partial charge in [-0.25, -0.2) is 4.79 Å². The fourth-order valence-electron chi connectivity index (χ4n) is 2.22. The zero-order valence-corrected chi connectivity index (χ0v) is 13.3. The van der Waals surface area contributed by atoms with Gasteiger partial charge < -0.3 is 16.0 Å². The van der Waals surface area contributed by atoms with E-state index in [0.29, 0.717) is 0 Å². The lowest BCUT2D eigenvalue weighted by Gasteiger charge is -2.20. The molecule has 5 heteroatoms. The molecule has 0 radical (unpaired) electrons. The molecule has 5 nitrogen and oxygen atoms in total. The molecular formula is C18H21N3O2. The molecule has 0 saturated heterocycles. The van der Waals surface area contributed by atoms with E-state index in [4.69, 9.17) is 0 Å².